The van der Waals surface area contributed by atoms with Gasteiger partial charge in [-0.3, -0.25) is 4.98 Å². The van der Waals surface area contributed by atoms with E-state index in [1.54, 1.807) is 6.07 Å². The lowest BCUT2D eigenvalue weighted by molar-refractivity contribution is 1.44. The van der Waals surface area contributed by atoms with Gasteiger partial charge in [0.25, 0.3) is 0 Å². The zero-order valence-electron chi connectivity index (χ0n) is 8.64. The van der Waals surface area contributed by atoms with E-state index in [9.17, 15) is 0 Å². The number of rotatable bonds is 0. The number of nitrogens with zero attached hydrogens (tertiary/aromatic N) is 1. The fourth-order valence-corrected chi connectivity index (χ4v) is 1.99. The lowest BCUT2D eigenvalue weighted by Gasteiger charge is -2.07. The van der Waals surface area contributed by atoms with E-state index in [4.69, 9.17) is 11.5 Å². The fourth-order valence-electron chi connectivity index (χ4n) is 1.99. The van der Waals surface area contributed by atoms with E-state index in [0.717, 1.165) is 21.7 Å². The van der Waals surface area contributed by atoms with Crippen LogP contribution in [0.2, 0.25) is 0 Å². The van der Waals surface area contributed by atoms with Crippen LogP contribution in [0.1, 0.15) is 0 Å². The summed E-state index contributed by atoms with van der Waals surface area (Å²) in [4.78, 5) is 4.38. The highest BCUT2D eigenvalue weighted by Crippen LogP contribution is 2.31. The predicted octanol–water partition coefficient (Wildman–Crippen LogP) is 2.55. The van der Waals surface area contributed by atoms with Crippen molar-refractivity contribution in [2.45, 2.75) is 0 Å². The minimum absolute atomic E-state index is 0.602. The van der Waals surface area contributed by atoms with E-state index in [0.29, 0.717) is 11.4 Å². The van der Waals surface area contributed by atoms with Crippen LogP contribution < -0.4 is 11.5 Å². The van der Waals surface area contributed by atoms with Gasteiger partial charge < -0.3 is 11.5 Å². The molecular formula is C13H11N3. The molecular weight excluding hydrogens is 198 g/mol. The topological polar surface area (TPSA) is 64.9 Å². The molecule has 0 spiro atoms. The summed E-state index contributed by atoms with van der Waals surface area (Å²) in [5.41, 5.74) is 13.9. The molecule has 0 unspecified atom stereocenters. The number of aromatic nitrogens is 1. The van der Waals surface area contributed by atoms with Crippen molar-refractivity contribution in [2.24, 2.45) is 0 Å². The van der Waals surface area contributed by atoms with Crippen LogP contribution >= 0.6 is 0 Å². The molecule has 0 aliphatic carbocycles. The second kappa shape index (κ2) is 3.10. The molecule has 78 valence electrons. The van der Waals surface area contributed by atoms with Gasteiger partial charge in [0.15, 0.2) is 0 Å². The van der Waals surface area contributed by atoms with Gasteiger partial charge in [0.1, 0.15) is 0 Å². The molecule has 3 aromatic rings. The number of hydrogen-bond acceptors (Lipinski definition) is 3. The summed E-state index contributed by atoms with van der Waals surface area (Å²) in [6, 6.07) is 11.7. The number of benzene rings is 2. The molecule has 16 heavy (non-hydrogen) atoms. The first-order valence-electron chi connectivity index (χ1n) is 5.09. The molecule has 0 amide bonds. The molecule has 0 radical (unpaired) electrons. The zero-order chi connectivity index (χ0) is 11.1. The quantitative estimate of drug-likeness (QED) is 0.441. The molecule has 0 aliphatic rings. The van der Waals surface area contributed by atoms with Crippen LogP contribution in [0.3, 0.4) is 0 Å². The SMILES string of the molecule is Nc1ccc2ncc3ccccc3c2c1N. The monoisotopic (exact) mass is 209 g/mol. The van der Waals surface area contributed by atoms with Crippen LogP contribution in [-0.4, -0.2) is 4.98 Å². The molecule has 3 nitrogen and oxygen atoms in total. The maximum atomic E-state index is 6.02. The molecule has 0 atom stereocenters. The summed E-state index contributed by atoms with van der Waals surface area (Å²) in [6.45, 7) is 0. The molecule has 0 bridgehead atoms. The van der Waals surface area contributed by atoms with E-state index in [2.05, 4.69) is 4.98 Å². The molecule has 0 fully saturated rings. The minimum Gasteiger partial charge on any atom is -0.397 e. The Labute approximate surface area is 92.7 Å². The van der Waals surface area contributed by atoms with Gasteiger partial charge in [-0.1, -0.05) is 24.3 Å². The average molecular weight is 209 g/mol. The number of fused-ring (bicyclic) bond motifs is 3. The van der Waals surface area contributed by atoms with Gasteiger partial charge in [-0.15, -0.1) is 0 Å². The summed E-state index contributed by atoms with van der Waals surface area (Å²) in [5, 5.41) is 3.11. The highest BCUT2D eigenvalue weighted by atomic mass is 14.7. The van der Waals surface area contributed by atoms with Crippen molar-refractivity contribution in [2.75, 3.05) is 11.5 Å². The number of anilines is 2. The van der Waals surface area contributed by atoms with Crippen LogP contribution in [0.25, 0.3) is 21.7 Å². The lowest BCUT2D eigenvalue weighted by Crippen LogP contribution is -1.96. The van der Waals surface area contributed by atoms with Crippen LogP contribution in [0, 0.1) is 0 Å². The first-order valence-corrected chi connectivity index (χ1v) is 5.09. The number of nitrogen functional groups attached to an aromatic ring is 2. The van der Waals surface area contributed by atoms with E-state index < -0.39 is 0 Å². The molecule has 0 aliphatic heterocycles. The zero-order valence-corrected chi connectivity index (χ0v) is 8.64. The summed E-state index contributed by atoms with van der Waals surface area (Å²) < 4.78 is 0. The Morgan fingerprint density at radius 3 is 2.62 bits per heavy atom. The highest BCUT2D eigenvalue weighted by molar-refractivity contribution is 6.13. The molecule has 4 N–H and O–H groups in total. The van der Waals surface area contributed by atoms with Crippen molar-refractivity contribution in [3.05, 3.63) is 42.6 Å². The van der Waals surface area contributed by atoms with Crippen molar-refractivity contribution in [3.8, 4) is 0 Å². The van der Waals surface area contributed by atoms with Crippen LogP contribution in [-0.2, 0) is 0 Å². The van der Waals surface area contributed by atoms with Crippen molar-refractivity contribution in [3.63, 3.8) is 0 Å². The molecule has 2 aromatic carbocycles. The Bertz CT molecular complexity index is 689. The predicted molar refractivity (Wildman–Crippen MR) is 68.1 cm³/mol. The number of nitrogens with two attached hydrogens (primary N) is 2. The Morgan fingerprint density at radius 1 is 0.938 bits per heavy atom. The van der Waals surface area contributed by atoms with Gasteiger partial charge in [-0.05, 0) is 17.5 Å². The number of hydrogen-bond donors (Lipinski definition) is 2. The lowest BCUT2D eigenvalue weighted by atomic mass is 10.0. The Balaban J connectivity index is 2.63. The van der Waals surface area contributed by atoms with Crippen LogP contribution in [0.15, 0.2) is 42.6 Å². The van der Waals surface area contributed by atoms with Crippen molar-refractivity contribution in [1.29, 1.82) is 0 Å². The number of pyridine rings is 1. The van der Waals surface area contributed by atoms with E-state index >= 15 is 0 Å². The highest BCUT2D eigenvalue weighted by Gasteiger charge is 2.06. The smallest absolute Gasteiger partial charge is 0.0730 e. The summed E-state index contributed by atoms with van der Waals surface area (Å²) in [6.07, 6.45) is 1.85. The molecule has 0 saturated carbocycles. The van der Waals surface area contributed by atoms with Gasteiger partial charge >= 0.3 is 0 Å². The van der Waals surface area contributed by atoms with Crippen LogP contribution in [0.5, 0.6) is 0 Å². The first-order chi connectivity index (χ1) is 7.77. The molecule has 0 saturated heterocycles. The van der Waals surface area contributed by atoms with Gasteiger partial charge in [0.05, 0.1) is 16.9 Å². The summed E-state index contributed by atoms with van der Waals surface area (Å²) in [5.74, 6) is 0. The van der Waals surface area contributed by atoms with Crippen molar-refractivity contribution < 1.29 is 0 Å². The van der Waals surface area contributed by atoms with Crippen molar-refractivity contribution >= 4 is 33.1 Å². The largest absolute Gasteiger partial charge is 0.397 e. The summed E-state index contributed by atoms with van der Waals surface area (Å²) in [7, 11) is 0. The Kier molecular flexibility index (Phi) is 1.74. The molecule has 3 rings (SSSR count). The maximum absolute atomic E-state index is 6.02. The Morgan fingerprint density at radius 2 is 1.75 bits per heavy atom. The van der Waals surface area contributed by atoms with E-state index in [-0.39, 0.29) is 0 Å². The second-order valence-electron chi connectivity index (χ2n) is 3.81. The molecule has 1 heterocycles. The molecule has 3 heteroatoms. The minimum atomic E-state index is 0.602. The third-order valence-electron chi connectivity index (χ3n) is 2.83. The van der Waals surface area contributed by atoms with Gasteiger partial charge in [0.2, 0.25) is 0 Å². The second-order valence-corrected chi connectivity index (χ2v) is 3.81. The standard InChI is InChI=1S/C13H11N3/c14-10-5-6-11-12(13(10)15)9-4-2-1-3-8(9)7-16-11/h1-7H,14-15H2. The molecule has 1 aromatic heterocycles. The van der Waals surface area contributed by atoms with Crippen molar-refractivity contribution in [1.82, 2.24) is 4.98 Å². The fraction of sp³-hybridized carbons (Fsp3) is 0. The third-order valence-corrected chi connectivity index (χ3v) is 2.83. The third kappa shape index (κ3) is 1.11. The van der Waals surface area contributed by atoms with E-state index in [1.807, 2.05) is 36.5 Å². The van der Waals surface area contributed by atoms with Gasteiger partial charge in [-0.25, -0.2) is 0 Å². The van der Waals surface area contributed by atoms with Crippen LogP contribution in [0.4, 0.5) is 11.4 Å². The summed E-state index contributed by atoms with van der Waals surface area (Å²) >= 11 is 0. The Hall–Kier alpha value is -2.29. The normalized spacial score (nSPS) is 11.0. The van der Waals surface area contributed by atoms with Gasteiger partial charge in [0, 0.05) is 17.0 Å². The van der Waals surface area contributed by atoms with E-state index in [1.165, 1.54) is 0 Å². The first kappa shape index (κ1) is 8.97. The maximum Gasteiger partial charge on any atom is 0.0730 e. The average Bonchev–Trinajstić information content (AvgIpc) is 2.33. The van der Waals surface area contributed by atoms with Gasteiger partial charge in [-0.2, -0.15) is 0 Å².